The summed E-state index contributed by atoms with van der Waals surface area (Å²) in [7, 11) is 0. The van der Waals surface area contributed by atoms with Gasteiger partial charge in [-0.15, -0.1) is 0 Å². The predicted octanol–water partition coefficient (Wildman–Crippen LogP) is 4.16. The van der Waals surface area contributed by atoms with Gasteiger partial charge in [0, 0.05) is 0 Å². The maximum absolute atomic E-state index is 11.2. The summed E-state index contributed by atoms with van der Waals surface area (Å²) in [5, 5.41) is 8.95. The van der Waals surface area contributed by atoms with E-state index in [-0.39, 0.29) is 0 Å². The quantitative estimate of drug-likeness (QED) is 0.429. The summed E-state index contributed by atoms with van der Waals surface area (Å²) >= 11 is -11.2. The Morgan fingerprint density at radius 3 is 1.42 bits per heavy atom. The molecule has 0 aliphatic carbocycles. The molecule has 0 amide bonds. The number of aromatic carboxylic acids is 1. The van der Waals surface area contributed by atoms with Crippen LogP contribution < -0.4 is 0 Å². The fourth-order valence-electron chi connectivity index (χ4n) is 1.53. The van der Waals surface area contributed by atoms with Crippen LogP contribution in [0, 0.1) is 20.8 Å². The van der Waals surface area contributed by atoms with Crippen LogP contribution in [0.3, 0.4) is 0 Å². The van der Waals surface area contributed by atoms with Crippen LogP contribution in [0.25, 0.3) is 0 Å². The van der Waals surface area contributed by atoms with Crippen molar-refractivity contribution in [2.45, 2.75) is 20.8 Å². The van der Waals surface area contributed by atoms with Gasteiger partial charge < -0.3 is 9.90 Å². The molecular weight excluding hydrogens is 388 g/mol. The second kappa shape index (κ2) is 4.58. The predicted molar refractivity (Wildman–Crippen MR) is 61.7 cm³/mol. The summed E-state index contributed by atoms with van der Waals surface area (Å²) in [5.41, 5.74) is 3.47. The molecule has 1 aromatic carbocycles. The molecular formula is C10H13F6O2Sb. The molecule has 0 saturated heterocycles. The third-order valence-electron chi connectivity index (χ3n) is 1.90. The van der Waals surface area contributed by atoms with E-state index in [2.05, 4.69) is 0 Å². The Morgan fingerprint density at radius 2 is 1.21 bits per heavy atom. The average molecular weight is 401 g/mol. The summed E-state index contributed by atoms with van der Waals surface area (Å²) in [6.45, 7) is 5.71. The fraction of sp³-hybridized carbons (Fsp3) is 0.300. The summed E-state index contributed by atoms with van der Waals surface area (Å²) in [5.74, 6) is -0.593. The Labute approximate surface area is 107 Å². The molecule has 1 rings (SSSR count). The third kappa shape index (κ3) is 10.7. The number of aryl methyl sites for hydroxylation is 3. The van der Waals surface area contributed by atoms with Crippen molar-refractivity contribution in [3.8, 4) is 0 Å². The fourth-order valence-corrected chi connectivity index (χ4v) is 1.53. The molecule has 0 aromatic heterocycles. The van der Waals surface area contributed by atoms with Crippen LogP contribution in [0.4, 0.5) is 16.9 Å². The number of hydrogen-bond donors (Lipinski definition) is 1. The molecule has 2 N–H and O–H groups in total. The number of halogens is 6. The number of rotatable bonds is 1. The monoisotopic (exact) mass is 400 g/mol. The molecule has 9 heteroatoms. The van der Waals surface area contributed by atoms with E-state index in [1.807, 2.05) is 32.9 Å². The molecule has 0 heterocycles. The van der Waals surface area contributed by atoms with Crippen LogP contribution in [0.1, 0.15) is 22.3 Å². The first kappa shape index (κ1) is 18.1. The SMILES string of the molecule is Cc1cc(C)c(C(O)=[OH+])c(C)c1.[F][Sb-]([F])([F])([F])([F])[F]. The van der Waals surface area contributed by atoms with Crippen LogP contribution >= 0.6 is 0 Å². The molecule has 0 aliphatic heterocycles. The summed E-state index contributed by atoms with van der Waals surface area (Å²) in [6.07, 6.45) is 0. The zero-order chi connectivity index (χ0) is 15.7. The van der Waals surface area contributed by atoms with E-state index in [0.29, 0.717) is 5.56 Å². The molecule has 0 aliphatic rings. The Morgan fingerprint density at radius 1 is 0.947 bits per heavy atom. The molecule has 0 bridgehead atoms. The molecule has 19 heavy (non-hydrogen) atoms. The van der Waals surface area contributed by atoms with E-state index in [4.69, 9.17) is 9.90 Å². The Bertz CT molecular complexity index is 471. The van der Waals surface area contributed by atoms with E-state index in [9.17, 15) is 16.9 Å². The van der Waals surface area contributed by atoms with Crippen molar-refractivity contribution in [2.75, 3.05) is 0 Å². The van der Waals surface area contributed by atoms with Gasteiger partial charge in [0.15, 0.2) is 0 Å². The van der Waals surface area contributed by atoms with Gasteiger partial charge in [0.1, 0.15) is 5.56 Å². The van der Waals surface area contributed by atoms with Crippen molar-refractivity contribution in [1.82, 2.24) is 0 Å². The summed E-state index contributed by atoms with van der Waals surface area (Å²) in [4.78, 5) is 8.95. The normalized spacial score (nSPS) is 14.8. The standard InChI is InChI=1S/C10H12O2.6FH.Sb/c1-6-4-7(2)9(10(11)12)8(3)5-6;;;;;;;/h4-5H,1-3H3,(H,11,12);6*1H;/q;;;;;;;+5/p-5. The van der Waals surface area contributed by atoms with Crippen molar-refractivity contribution in [3.63, 3.8) is 0 Å². The summed E-state index contributed by atoms with van der Waals surface area (Å²) < 4.78 is 59.6. The first-order chi connectivity index (χ1) is 7.97. The van der Waals surface area contributed by atoms with Gasteiger partial charge in [-0.1, -0.05) is 17.7 Å². The molecule has 2 nitrogen and oxygen atoms in total. The topological polar surface area (TPSA) is 41.6 Å². The second-order valence-electron chi connectivity index (χ2n) is 4.06. The molecule has 0 atom stereocenters. The number of aliphatic hydroxyl groups excluding tert-OH is 1. The van der Waals surface area contributed by atoms with E-state index >= 15 is 0 Å². The molecule has 0 radical (unpaired) electrons. The average Bonchev–Trinajstić information content (AvgIpc) is 1.92. The summed E-state index contributed by atoms with van der Waals surface area (Å²) in [6, 6.07) is 3.85. The van der Waals surface area contributed by atoms with Gasteiger partial charge in [0.05, 0.1) is 0 Å². The molecule has 0 saturated carbocycles. The number of carboxylic acids is 1. The number of hydrogen-bond acceptors (Lipinski definition) is 0. The van der Waals surface area contributed by atoms with E-state index in [0.717, 1.165) is 16.7 Å². The van der Waals surface area contributed by atoms with E-state index in [1.165, 1.54) is 0 Å². The number of carboxylic acid groups (broad SMARTS) is 1. The maximum atomic E-state index is 9.93. The van der Waals surface area contributed by atoms with Gasteiger partial charge in [-0.05, 0) is 31.9 Å². The second-order valence-corrected chi connectivity index (χ2v) is 9.53. The first-order valence-corrected chi connectivity index (χ1v) is 10.7. The Hall–Kier alpha value is -0.912. The van der Waals surface area contributed by atoms with Crippen LogP contribution in [0.15, 0.2) is 12.1 Å². The molecule has 0 spiro atoms. The van der Waals surface area contributed by atoms with Crippen molar-refractivity contribution in [1.29, 1.82) is 0 Å². The molecule has 112 valence electrons. The molecule has 1 aromatic rings. The van der Waals surface area contributed by atoms with Gasteiger partial charge in [0.2, 0.25) is 0 Å². The van der Waals surface area contributed by atoms with E-state index in [1.54, 1.807) is 0 Å². The van der Waals surface area contributed by atoms with Gasteiger partial charge in [-0.3, -0.25) is 0 Å². The van der Waals surface area contributed by atoms with Crippen LogP contribution in [0.5, 0.6) is 0 Å². The van der Waals surface area contributed by atoms with Crippen LogP contribution in [-0.2, 0) is 0 Å². The van der Waals surface area contributed by atoms with Gasteiger partial charge in [-0.25, -0.2) is 0 Å². The van der Waals surface area contributed by atoms with Crippen LogP contribution in [0.2, 0.25) is 0 Å². The Kier molecular flexibility index (Phi) is 4.36. The van der Waals surface area contributed by atoms with Gasteiger partial charge >= 0.3 is 42.3 Å². The number of benzene rings is 1. The minimum atomic E-state index is -11.2. The minimum absolute atomic E-state index is 0.542. The van der Waals surface area contributed by atoms with E-state index < -0.39 is 25.4 Å². The van der Waals surface area contributed by atoms with Crippen molar-refractivity contribution in [3.05, 3.63) is 34.4 Å². The van der Waals surface area contributed by atoms with Crippen molar-refractivity contribution >= 4 is 25.4 Å². The van der Waals surface area contributed by atoms with Gasteiger partial charge in [-0.2, -0.15) is 0 Å². The Balaban J connectivity index is 0.000000399. The van der Waals surface area contributed by atoms with Crippen molar-refractivity contribution in [2.24, 2.45) is 0 Å². The zero-order valence-electron chi connectivity index (χ0n) is 10.3. The third-order valence-corrected chi connectivity index (χ3v) is 1.90. The van der Waals surface area contributed by atoms with Crippen LogP contribution in [-0.4, -0.2) is 35.3 Å². The first-order valence-electron chi connectivity index (χ1n) is 4.87. The van der Waals surface area contributed by atoms with Gasteiger partial charge in [0.25, 0.3) is 0 Å². The zero-order valence-corrected chi connectivity index (χ0v) is 12.8. The molecule has 0 unspecified atom stereocenters. The molecule has 0 fully saturated rings. The van der Waals surface area contributed by atoms with Crippen molar-refractivity contribution < 1.29 is 26.8 Å².